The zero-order valence-electron chi connectivity index (χ0n) is 18.5. The number of aliphatic hydroxyl groups excluding tert-OH is 1. The molecule has 0 amide bonds. The molecule has 0 fully saturated rings. The number of imidazole rings is 1. The van der Waals surface area contributed by atoms with Gasteiger partial charge >= 0.3 is 5.69 Å². The Morgan fingerprint density at radius 1 is 1.16 bits per heavy atom. The van der Waals surface area contributed by atoms with Crippen molar-refractivity contribution >= 4 is 51.3 Å². The molecule has 8 nitrogen and oxygen atoms in total. The van der Waals surface area contributed by atoms with Crippen LogP contribution in [0.4, 0.5) is 0 Å². The molecule has 0 bridgehead atoms. The minimum Gasteiger partial charge on any atom is -0.396 e. The number of aromatic nitrogens is 4. The first kappa shape index (κ1) is 27.0. The van der Waals surface area contributed by atoms with Crippen LogP contribution < -0.4 is 11.2 Å². The van der Waals surface area contributed by atoms with Crippen LogP contribution in [0.1, 0.15) is 38.1 Å². The normalized spacial score (nSPS) is 11.3. The Hall–Kier alpha value is -1.26. The van der Waals surface area contributed by atoms with Crippen molar-refractivity contribution in [2.24, 2.45) is 7.05 Å². The molecule has 3 rings (SSSR count). The van der Waals surface area contributed by atoms with Gasteiger partial charge in [0.25, 0.3) is 5.56 Å². The largest absolute Gasteiger partial charge is 0.396 e. The van der Waals surface area contributed by atoms with E-state index < -0.39 is 5.69 Å². The topological polar surface area (TPSA) is 91.3 Å². The second-order valence-electron chi connectivity index (χ2n) is 6.82. The molecule has 176 valence electrons. The molecule has 0 radical (unpaired) electrons. The highest BCUT2D eigenvalue weighted by Crippen LogP contribution is 2.21. The Morgan fingerprint density at radius 2 is 1.84 bits per heavy atom. The summed E-state index contributed by atoms with van der Waals surface area (Å²) >= 11 is 8.13. The van der Waals surface area contributed by atoms with Crippen molar-refractivity contribution in [2.75, 3.05) is 13.2 Å². The van der Waals surface area contributed by atoms with Crippen molar-refractivity contribution in [2.45, 2.75) is 46.2 Å². The van der Waals surface area contributed by atoms with E-state index in [0.29, 0.717) is 60.9 Å². The molecule has 1 unspecified atom stereocenters. The summed E-state index contributed by atoms with van der Waals surface area (Å²) in [6, 6.07) is 7.38. The molecule has 2 aromatic heterocycles. The molecule has 3 aromatic rings. The lowest BCUT2D eigenvalue weighted by atomic mass is 10.2. The predicted molar refractivity (Wildman–Crippen MR) is 139 cm³/mol. The summed E-state index contributed by atoms with van der Waals surface area (Å²) in [5, 5.41) is 9.90. The lowest BCUT2D eigenvalue weighted by Crippen LogP contribution is -2.40. The average Bonchev–Trinajstić information content (AvgIpc) is 3.17. The van der Waals surface area contributed by atoms with E-state index in [2.05, 4.69) is 27.0 Å². The van der Waals surface area contributed by atoms with Crippen LogP contribution in [0.3, 0.4) is 0 Å². The molecule has 0 aliphatic heterocycles. The van der Waals surface area contributed by atoms with Crippen molar-refractivity contribution in [3.05, 3.63) is 61.5 Å². The van der Waals surface area contributed by atoms with Crippen LogP contribution in [0.2, 0.25) is 5.02 Å². The van der Waals surface area contributed by atoms with Gasteiger partial charge in [-0.25, -0.2) is 9.78 Å². The Morgan fingerprint density at radius 3 is 2.47 bits per heavy atom. The van der Waals surface area contributed by atoms with Gasteiger partial charge in [0.2, 0.25) is 0 Å². The Labute approximate surface area is 206 Å². The van der Waals surface area contributed by atoms with E-state index in [0.717, 1.165) is 5.56 Å². The molecule has 1 aromatic carbocycles. The van der Waals surface area contributed by atoms with Crippen LogP contribution in [0.25, 0.3) is 11.2 Å². The summed E-state index contributed by atoms with van der Waals surface area (Å²) in [5.41, 5.74) is 0.945. The zero-order chi connectivity index (χ0) is 23.7. The maximum Gasteiger partial charge on any atom is 0.332 e. The van der Waals surface area contributed by atoms with E-state index in [1.807, 2.05) is 30.5 Å². The first-order chi connectivity index (χ1) is 15.5. The number of rotatable bonds is 10. The van der Waals surface area contributed by atoms with Gasteiger partial charge < -0.3 is 14.2 Å². The lowest BCUT2D eigenvalue weighted by Gasteiger charge is -2.11. The fourth-order valence-electron chi connectivity index (χ4n) is 3.32. The number of benzene rings is 1. The molecule has 0 saturated carbocycles. The first-order valence-corrected chi connectivity index (χ1v) is 14.9. The average molecular weight is 595 g/mol. The molecular weight excluding hydrogens is 566 g/mol. The molecule has 0 aliphatic carbocycles. The fraction of sp³-hybridized carbons (Fsp3) is 0.476. The van der Waals surface area contributed by atoms with Crippen molar-refractivity contribution < 1.29 is 9.63 Å². The smallest absolute Gasteiger partial charge is 0.332 e. The SMILES string of the molecule is CC.Cn1c(=O)n(CCCOPI)c(=O)c2c1nc(CCCO)n2Cc1ccc(Cl)cc1. The van der Waals surface area contributed by atoms with Gasteiger partial charge in [-0.2, -0.15) is 0 Å². The molecule has 0 aliphatic rings. The summed E-state index contributed by atoms with van der Waals surface area (Å²) in [6.07, 6.45) is 1.58. The number of aliphatic hydroxyl groups is 1. The van der Waals surface area contributed by atoms with Crippen LogP contribution in [-0.2, 0) is 31.1 Å². The highest BCUT2D eigenvalue weighted by atomic mass is 127. The molecule has 2 heterocycles. The van der Waals surface area contributed by atoms with Gasteiger partial charge in [0, 0.05) is 38.2 Å². The Kier molecular flexibility index (Phi) is 11.3. The predicted octanol–water partition coefficient (Wildman–Crippen LogP) is 3.90. The highest BCUT2D eigenvalue weighted by molar-refractivity contribution is 14.2. The molecule has 11 heteroatoms. The third-order valence-electron chi connectivity index (χ3n) is 4.81. The van der Waals surface area contributed by atoms with Crippen LogP contribution >= 0.6 is 40.1 Å². The molecule has 0 saturated heterocycles. The van der Waals surface area contributed by atoms with Crippen LogP contribution in [0.5, 0.6) is 0 Å². The van der Waals surface area contributed by atoms with Crippen molar-refractivity contribution in [1.82, 2.24) is 18.7 Å². The maximum absolute atomic E-state index is 13.3. The third-order valence-corrected chi connectivity index (χ3v) is 6.31. The maximum atomic E-state index is 13.3. The number of nitrogens with zero attached hydrogens (tertiary/aromatic N) is 4. The summed E-state index contributed by atoms with van der Waals surface area (Å²) in [4.78, 5) is 30.7. The fourth-order valence-corrected chi connectivity index (χ4v) is 4.33. The molecule has 32 heavy (non-hydrogen) atoms. The van der Waals surface area contributed by atoms with Gasteiger partial charge in [0.05, 0.1) is 13.1 Å². The Balaban J connectivity index is 0.00000176. The minimum absolute atomic E-state index is 0.0186. The van der Waals surface area contributed by atoms with Crippen LogP contribution in [-0.4, -0.2) is 37.0 Å². The van der Waals surface area contributed by atoms with Gasteiger partial charge in [-0.1, -0.05) is 37.6 Å². The van der Waals surface area contributed by atoms with Crippen LogP contribution in [0.15, 0.2) is 33.9 Å². The Bertz CT molecular complexity index is 1130. The van der Waals surface area contributed by atoms with Crippen molar-refractivity contribution in [3.63, 3.8) is 0 Å². The van der Waals surface area contributed by atoms with Gasteiger partial charge in [-0.15, -0.1) is 0 Å². The number of aryl methyl sites for hydroxylation is 2. The van der Waals surface area contributed by atoms with E-state index in [-0.39, 0.29) is 18.7 Å². The third kappa shape index (κ3) is 6.41. The van der Waals surface area contributed by atoms with Crippen molar-refractivity contribution in [1.29, 1.82) is 0 Å². The van der Waals surface area contributed by atoms with Gasteiger partial charge in [0.1, 0.15) is 5.82 Å². The monoisotopic (exact) mass is 594 g/mol. The molecule has 0 spiro atoms. The zero-order valence-corrected chi connectivity index (χ0v) is 22.4. The van der Waals surface area contributed by atoms with E-state index in [4.69, 9.17) is 16.1 Å². The van der Waals surface area contributed by atoms with Gasteiger partial charge in [0.15, 0.2) is 11.2 Å². The van der Waals surface area contributed by atoms with E-state index in [1.54, 1.807) is 19.2 Å². The number of hydrogen-bond acceptors (Lipinski definition) is 5. The summed E-state index contributed by atoms with van der Waals surface area (Å²) in [5.74, 6) is 0.660. The molecular formula is C21H29ClIN4O4P. The molecule has 1 atom stereocenters. The minimum atomic E-state index is -0.394. The molecule has 1 N–H and O–H groups in total. The second-order valence-corrected chi connectivity index (χ2v) is 9.02. The number of halogens is 2. The quantitative estimate of drug-likeness (QED) is 0.219. The van der Waals surface area contributed by atoms with Crippen molar-refractivity contribution in [3.8, 4) is 0 Å². The standard InChI is InChI=1S/C19H23ClIN4O4P.C2H6/c1-23-17-16(18(27)24(19(23)28)9-3-11-29-30-21)25(15(22-17)4-2-10-26)12-13-5-7-14(20)8-6-13;1-2/h5-8,26,30H,2-4,9-12H2,1H3;1-2H3. The number of fused-ring (bicyclic) bond motifs is 1. The number of hydrogen-bond donors (Lipinski definition) is 1. The van der Waals surface area contributed by atoms with E-state index in [1.165, 1.54) is 9.13 Å². The summed E-state index contributed by atoms with van der Waals surface area (Å²) in [6.45, 7) is 5.54. The second kappa shape index (κ2) is 13.4. The summed E-state index contributed by atoms with van der Waals surface area (Å²) in [7, 11) is 1.62. The highest BCUT2D eigenvalue weighted by Gasteiger charge is 2.20. The first-order valence-electron chi connectivity index (χ1n) is 10.5. The van der Waals surface area contributed by atoms with E-state index >= 15 is 0 Å². The van der Waals surface area contributed by atoms with E-state index in [9.17, 15) is 14.7 Å². The van der Waals surface area contributed by atoms with Gasteiger partial charge in [-0.3, -0.25) is 13.9 Å². The van der Waals surface area contributed by atoms with Gasteiger partial charge in [-0.05, 0) is 52.6 Å². The lowest BCUT2D eigenvalue weighted by molar-refractivity contribution is 0.287. The summed E-state index contributed by atoms with van der Waals surface area (Å²) < 4.78 is 9.86. The van der Waals surface area contributed by atoms with Crippen LogP contribution in [0, 0.1) is 0 Å².